The summed E-state index contributed by atoms with van der Waals surface area (Å²) < 4.78 is 5.40. The predicted molar refractivity (Wildman–Crippen MR) is 69.0 cm³/mol. The molecule has 1 rings (SSSR count). The molecular formula is C13H26N2O2. The number of hydrogen-bond donors (Lipinski definition) is 1. The minimum Gasteiger partial charge on any atom is -0.444 e. The van der Waals surface area contributed by atoms with Crippen LogP contribution in [0.2, 0.25) is 0 Å². The van der Waals surface area contributed by atoms with Gasteiger partial charge < -0.3 is 15.0 Å². The van der Waals surface area contributed by atoms with Gasteiger partial charge in [0, 0.05) is 20.1 Å². The molecule has 2 atom stereocenters. The van der Waals surface area contributed by atoms with E-state index < -0.39 is 5.60 Å². The second kappa shape index (κ2) is 5.25. The molecule has 0 saturated carbocycles. The smallest absolute Gasteiger partial charge is 0.410 e. The number of hydrogen-bond acceptors (Lipinski definition) is 3. The van der Waals surface area contributed by atoms with Crippen LogP contribution in [-0.4, -0.2) is 42.8 Å². The highest BCUT2D eigenvalue weighted by Crippen LogP contribution is 2.23. The Morgan fingerprint density at radius 2 is 1.94 bits per heavy atom. The quantitative estimate of drug-likeness (QED) is 0.806. The van der Waals surface area contributed by atoms with Crippen LogP contribution in [-0.2, 0) is 4.74 Å². The Labute approximate surface area is 105 Å². The molecule has 0 spiro atoms. The third-order valence-electron chi connectivity index (χ3n) is 3.26. The molecule has 17 heavy (non-hydrogen) atoms. The van der Waals surface area contributed by atoms with E-state index in [9.17, 15) is 4.79 Å². The molecule has 0 bridgehead atoms. The molecule has 1 fully saturated rings. The standard InChI is InChI=1S/C13H26N2O2/c1-9(2)10-7-14-8-11(10)15(6)12(16)17-13(3,4)5/h9-11,14H,7-8H2,1-6H3. The topological polar surface area (TPSA) is 41.6 Å². The molecule has 0 aromatic heterocycles. The third-order valence-corrected chi connectivity index (χ3v) is 3.26. The van der Waals surface area contributed by atoms with Gasteiger partial charge in [0.1, 0.15) is 5.60 Å². The third kappa shape index (κ3) is 3.87. The lowest BCUT2D eigenvalue weighted by Gasteiger charge is -2.32. The lowest BCUT2D eigenvalue weighted by molar-refractivity contribution is 0.0184. The maximum Gasteiger partial charge on any atom is 0.410 e. The van der Waals surface area contributed by atoms with Crippen molar-refractivity contribution in [3.8, 4) is 0 Å². The zero-order valence-corrected chi connectivity index (χ0v) is 11.9. The number of nitrogens with zero attached hydrogens (tertiary/aromatic N) is 1. The second-order valence-corrected chi connectivity index (χ2v) is 6.22. The van der Waals surface area contributed by atoms with E-state index in [1.54, 1.807) is 4.90 Å². The van der Waals surface area contributed by atoms with E-state index in [0.29, 0.717) is 11.8 Å². The van der Waals surface area contributed by atoms with Gasteiger partial charge >= 0.3 is 6.09 Å². The molecule has 100 valence electrons. The minimum absolute atomic E-state index is 0.225. The van der Waals surface area contributed by atoms with Crippen molar-refractivity contribution in [2.24, 2.45) is 11.8 Å². The minimum atomic E-state index is -0.426. The zero-order chi connectivity index (χ0) is 13.2. The van der Waals surface area contributed by atoms with Crippen LogP contribution < -0.4 is 5.32 Å². The number of nitrogens with one attached hydrogen (secondary N) is 1. The number of likely N-dealkylation sites (N-methyl/N-ethyl adjacent to an activating group) is 1. The first kappa shape index (κ1) is 14.3. The van der Waals surface area contributed by atoms with Crippen molar-refractivity contribution < 1.29 is 9.53 Å². The van der Waals surface area contributed by atoms with Gasteiger partial charge in [-0.2, -0.15) is 0 Å². The van der Waals surface area contributed by atoms with E-state index in [0.717, 1.165) is 13.1 Å². The molecule has 1 aliphatic rings. The van der Waals surface area contributed by atoms with Gasteiger partial charge in [0.25, 0.3) is 0 Å². The monoisotopic (exact) mass is 242 g/mol. The summed E-state index contributed by atoms with van der Waals surface area (Å²) in [5.74, 6) is 1.08. The first-order chi connectivity index (χ1) is 7.72. The molecule has 1 amide bonds. The van der Waals surface area contributed by atoms with Gasteiger partial charge in [-0.05, 0) is 32.6 Å². The molecule has 4 heteroatoms. The van der Waals surface area contributed by atoms with Gasteiger partial charge in [-0.25, -0.2) is 4.79 Å². The lowest BCUT2D eigenvalue weighted by Crippen LogP contribution is -2.45. The molecule has 0 aromatic rings. The van der Waals surface area contributed by atoms with Gasteiger partial charge in [-0.1, -0.05) is 13.8 Å². The average Bonchev–Trinajstić information content (AvgIpc) is 2.61. The van der Waals surface area contributed by atoms with Gasteiger partial charge in [0.05, 0.1) is 6.04 Å². The zero-order valence-electron chi connectivity index (χ0n) is 11.9. The van der Waals surface area contributed by atoms with Crippen molar-refractivity contribution in [2.45, 2.75) is 46.3 Å². The van der Waals surface area contributed by atoms with Crippen LogP contribution in [0.1, 0.15) is 34.6 Å². The largest absolute Gasteiger partial charge is 0.444 e. The van der Waals surface area contributed by atoms with Gasteiger partial charge in [-0.3, -0.25) is 0 Å². The van der Waals surface area contributed by atoms with Crippen LogP contribution in [0, 0.1) is 11.8 Å². The predicted octanol–water partition coefficient (Wildman–Crippen LogP) is 2.10. The molecule has 0 radical (unpaired) electrons. The number of carbonyl (C=O) groups is 1. The Kier molecular flexibility index (Phi) is 4.42. The molecular weight excluding hydrogens is 216 g/mol. The van der Waals surface area contributed by atoms with E-state index >= 15 is 0 Å². The highest BCUT2D eigenvalue weighted by atomic mass is 16.6. The number of amides is 1. The van der Waals surface area contributed by atoms with Crippen molar-refractivity contribution in [1.82, 2.24) is 10.2 Å². The molecule has 1 N–H and O–H groups in total. The van der Waals surface area contributed by atoms with Gasteiger partial charge in [0.2, 0.25) is 0 Å². The number of carbonyl (C=O) groups excluding carboxylic acids is 1. The lowest BCUT2D eigenvalue weighted by atomic mass is 9.91. The first-order valence-electron chi connectivity index (χ1n) is 6.39. The summed E-state index contributed by atoms with van der Waals surface area (Å²) in [7, 11) is 1.83. The summed E-state index contributed by atoms with van der Waals surface area (Å²) in [5.41, 5.74) is -0.426. The van der Waals surface area contributed by atoms with Crippen molar-refractivity contribution in [1.29, 1.82) is 0 Å². The summed E-state index contributed by atoms with van der Waals surface area (Å²) in [6, 6.07) is 0.241. The van der Waals surface area contributed by atoms with Crippen molar-refractivity contribution in [2.75, 3.05) is 20.1 Å². The number of ether oxygens (including phenoxy) is 1. The van der Waals surface area contributed by atoms with E-state index in [2.05, 4.69) is 19.2 Å². The summed E-state index contributed by atoms with van der Waals surface area (Å²) in [6.45, 7) is 11.9. The van der Waals surface area contributed by atoms with Crippen LogP contribution >= 0.6 is 0 Å². The first-order valence-corrected chi connectivity index (χ1v) is 6.39. The highest BCUT2D eigenvalue weighted by molar-refractivity contribution is 5.68. The summed E-state index contributed by atoms with van der Waals surface area (Å²) in [4.78, 5) is 13.7. The fourth-order valence-electron chi connectivity index (χ4n) is 2.26. The van der Waals surface area contributed by atoms with Crippen molar-refractivity contribution >= 4 is 6.09 Å². The second-order valence-electron chi connectivity index (χ2n) is 6.22. The van der Waals surface area contributed by atoms with Crippen molar-refractivity contribution in [3.63, 3.8) is 0 Å². The summed E-state index contributed by atoms with van der Waals surface area (Å²) >= 11 is 0. The Hall–Kier alpha value is -0.770. The van der Waals surface area contributed by atoms with E-state index in [1.807, 2.05) is 27.8 Å². The Morgan fingerprint density at radius 3 is 2.41 bits per heavy atom. The molecule has 1 saturated heterocycles. The van der Waals surface area contributed by atoms with Gasteiger partial charge in [0.15, 0.2) is 0 Å². The fourth-order valence-corrected chi connectivity index (χ4v) is 2.26. The maximum atomic E-state index is 12.0. The molecule has 2 unspecified atom stereocenters. The van der Waals surface area contributed by atoms with Crippen LogP contribution in [0.5, 0.6) is 0 Å². The normalized spacial score (nSPS) is 25.1. The summed E-state index contributed by atoms with van der Waals surface area (Å²) in [6.07, 6.45) is -0.225. The van der Waals surface area contributed by atoms with E-state index in [1.165, 1.54) is 0 Å². The van der Waals surface area contributed by atoms with Crippen LogP contribution in [0.3, 0.4) is 0 Å². The molecule has 4 nitrogen and oxygen atoms in total. The average molecular weight is 242 g/mol. The fraction of sp³-hybridized carbons (Fsp3) is 0.923. The van der Waals surface area contributed by atoms with Crippen LogP contribution in [0.25, 0.3) is 0 Å². The number of rotatable bonds is 2. The molecule has 1 heterocycles. The van der Waals surface area contributed by atoms with Gasteiger partial charge in [-0.15, -0.1) is 0 Å². The van der Waals surface area contributed by atoms with Crippen molar-refractivity contribution in [3.05, 3.63) is 0 Å². The highest BCUT2D eigenvalue weighted by Gasteiger charge is 2.35. The van der Waals surface area contributed by atoms with Crippen LogP contribution in [0.4, 0.5) is 4.79 Å². The molecule has 0 aromatic carbocycles. The Balaban J connectivity index is 2.63. The molecule has 1 aliphatic heterocycles. The summed E-state index contributed by atoms with van der Waals surface area (Å²) in [5, 5.41) is 3.35. The Morgan fingerprint density at radius 1 is 1.35 bits per heavy atom. The van der Waals surface area contributed by atoms with Crippen LogP contribution in [0.15, 0.2) is 0 Å². The van der Waals surface area contributed by atoms with E-state index in [4.69, 9.17) is 4.74 Å². The Bertz CT molecular complexity index is 271. The molecule has 0 aliphatic carbocycles. The SMILES string of the molecule is CC(C)C1CNCC1N(C)C(=O)OC(C)(C)C. The maximum absolute atomic E-state index is 12.0. The van der Waals surface area contributed by atoms with E-state index in [-0.39, 0.29) is 12.1 Å².